The lowest BCUT2D eigenvalue weighted by molar-refractivity contribution is -0.136. The summed E-state index contributed by atoms with van der Waals surface area (Å²) in [6.07, 6.45) is 0.00527. The van der Waals surface area contributed by atoms with Crippen molar-refractivity contribution in [2.45, 2.75) is 39.3 Å². The first-order chi connectivity index (χ1) is 17.2. The zero-order valence-corrected chi connectivity index (χ0v) is 20.6. The third kappa shape index (κ3) is 7.59. The molecule has 0 radical (unpaired) electrons. The molecule has 3 aromatic rings. The molecule has 0 spiro atoms. The van der Waals surface area contributed by atoms with Crippen LogP contribution in [0.1, 0.15) is 30.5 Å². The van der Waals surface area contributed by atoms with Crippen LogP contribution in [0.4, 0.5) is 10.5 Å². The summed E-state index contributed by atoms with van der Waals surface area (Å²) in [7, 11) is 1.34. The summed E-state index contributed by atoms with van der Waals surface area (Å²) in [4.78, 5) is 37.1. The molecular formula is C28H30N2O6. The Morgan fingerprint density at radius 3 is 2.36 bits per heavy atom. The molecule has 0 bridgehead atoms. The molecule has 36 heavy (non-hydrogen) atoms. The van der Waals surface area contributed by atoms with Gasteiger partial charge in [0, 0.05) is 24.2 Å². The number of hydrogen-bond donors (Lipinski definition) is 2. The van der Waals surface area contributed by atoms with E-state index in [1.165, 1.54) is 14.0 Å². The molecule has 0 aliphatic rings. The van der Waals surface area contributed by atoms with E-state index in [0.29, 0.717) is 34.7 Å². The van der Waals surface area contributed by atoms with Crippen LogP contribution < -0.4 is 10.1 Å². The second-order valence-corrected chi connectivity index (χ2v) is 8.46. The van der Waals surface area contributed by atoms with Gasteiger partial charge in [-0.25, -0.2) is 4.79 Å². The van der Waals surface area contributed by atoms with Gasteiger partial charge in [0.15, 0.2) is 0 Å². The molecule has 3 rings (SSSR count). The quantitative estimate of drug-likeness (QED) is 0.401. The second kappa shape index (κ2) is 12.4. The van der Waals surface area contributed by atoms with Crippen molar-refractivity contribution < 1.29 is 29.0 Å². The van der Waals surface area contributed by atoms with E-state index in [-0.39, 0.29) is 24.9 Å². The lowest BCUT2D eigenvalue weighted by Crippen LogP contribution is -2.39. The predicted molar refractivity (Wildman–Crippen MR) is 136 cm³/mol. The molecule has 8 heteroatoms. The highest BCUT2D eigenvalue weighted by Crippen LogP contribution is 2.30. The molecule has 0 unspecified atom stereocenters. The van der Waals surface area contributed by atoms with Crippen LogP contribution in [0, 0.1) is 0 Å². The SMILES string of the molecule is COC(=O)N(Cc1cc(NC(C)=O)ccc1Oc1cccc(CC(=O)O)c1)[C@@H](C)Cc1ccccc1. The Morgan fingerprint density at radius 2 is 1.69 bits per heavy atom. The van der Waals surface area contributed by atoms with Gasteiger partial charge in [-0.1, -0.05) is 42.5 Å². The number of carboxylic acids is 1. The number of amides is 2. The van der Waals surface area contributed by atoms with Gasteiger partial charge < -0.3 is 24.8 Å². The van der Waals surface area contributed by atoms with Crippen molar-refractivity contribution in [1.82, 2.24) is 4.90 Å². The van der Waals surface area contributed by atoms with Crippen molar-refractivity contribution >= 4 is 23.7 Å². The number of carboxylic acid groups (broad SMARTS) is 1. The summed E-state index contributed by atoms with van der Waals surface area (Å²) in [5.74, 6) is -0.228. The van der Waals surface area contributed by atoms with Crippen LogP contribution in [0.2, 0.25) is 0 Å². The number of carbonyl (C=O) groups excluding carboxylic acids is 2. The number of rotatable bonds is 10. The van der Waals surface area contributed by atoms with Gasteiger partial charge in [0.2, 0.25) is 5.91 Å². The van der Waals surface area contributed by atoms with Gasteiger partial charge in [0.1, 0.15) is 11.5 Å². The van der Waals surface area contributed by atoms with Crippen molar-refractivity contribution in [3.05, 3.63) is 89.5 Å². The highest BCUT2D eigenvalue weighted by Gasteiger charge is 2.23. The predicted octanol–water partition coefficient (Wildman–Crippen LogP) is 5.26. The number of aliphatic carboxylic acids is 1. The fourth-order valence-electron chi connectivity index (χ4n) is 3.87. The number of methoxy groups -OCH3 is 1. The Bertz CT molecular complexity index is 1210. The van der Waals surface area contributed by atoms with Crippen LogP contribution in [0.25, 0.3) is 0 Å². The summed E-state index contributed by atoms with van der Waals surface area (Å²) < 4.78 is 11.2. The van der Waals surface area contributed by atoms with Crippen molar-refractivity contribution in [2.75, 3.05) is 12.4 Å². The Hall–Kier alpha value is -4.33. The number of benzene rings is 3. The lowest BCUT2D eigenvalue weighted by atomic mass is 10.0. The lowest BCUT2D eigenvalue weighted by Gasteiger charge is -2.29. The van der Waals surface area contributed by atoms with Crippen LogP contribution in [-0.4, -0.2) is 41.1 Å². The number of anilines is 1. The molecule has 0 aliphatic carbocycles. The number of carbonyl (C=O) groups is 3. The van der Waals surface area contributed by atoms with E-state index in [9.17, 15) is 14.4 Å². The largest absolute Gasteiger partial charge is 0.481 e. The summed E-state index contributed by atoms with van der Waals surface area (Å²) in [5.41, 5.74) is 2.89. The van der Waals surface area contributed by atoms with Gasteiger partial charge in [-0.15, -0.1) is 0 Å². The first-order valence-electron chi connectivity index (χ1n) is 11.5. The molecule has 2 amide bonds. The average Bonchev–Trinajstić information content (AvgIpc) is 2.83. The fourth-order valence-corrected chi connectivity index (χ4v) is 3.87. The minimum absolute atomic E-state index is 0.126. The number of ether oxygens (including phenoxy) is 2. The molecule has 8 nitrogen and oxygen atoms in total. The maximum absolute atomic E-state index is 12.8. The van der Waals surface area contributed by atoms with E-state index in [1.807, 2.05) is 37.3 Å². The maximum Gasteiger partial charge on any atom is 0.410 e. The molecule has 0 heterocycles. The average molecular weight is 491 g/mol. The van der Waals surface area contributed by atoms with Crippen LogP contribution in [0.3, 0.4) is 0 Å². The second-order valence-electron chi connectivity index (χ2n) is 8.46. The van der Waals surface area contributed by atoms with E-state index in [1.54, 1.807) is 47.4 Å². The zero-order chi connectivity index (χ0) is 26.1. The minimum atomic E-state index is -0.936. The topological polar surface area (TPSA) is 105 Å². The standard InChI is InChI=1S/C28H30N2O6/c1-19(14-21-8-5-4-6-9-21)30(28(34)35-3)18-23-17-24(29-20(2)31)12-13-26(23)36-25-11-7-10-22(15-25)16-27(32)33/h4-13,15,17,19H,14,16,18H2,1-3H3,(H,29,31)(H,32,33)/t19-/m0/s1. The molecule has 2 N–H and O–H groups in total. The van der Waals surface area contributed by atoms with E-state index in [0.717, 1.165) is 5.56 Å². The van der Waals surface area contributed by atoms with Crippen LogP contribution in [0.15, 0.2) is 72.8 Å². The Balaban J connectivity index is 1.93. The summed E-state index contributed by atoms with van der Waals surface area (Å²) >= 11 is 0. The summed E-state index contributed by atoms with van der Waals surface area (Å²) in [6.45, 7) is 3.52. The summed E-state index contributed by atoms with van der Waals surface area (Å²) in [6, 6.07) is 21.6. The Kier molecular flexibility index (Phi) is 9.05. The third-order valence-corrected chi connectivity index (χ3v) is 5.52. The molecule has 3 aromatic carbocycles. The molecule has 0 saturated carbocycles. The monoisotopic (exact) mass is 490 g/mol. The van der Waals surface area contributed by atoms with E-state index in [4.69, 9.17) is 14.6 Å². The minimum Gasteiger partial charge on any atom is -0.481 e. The van der Waals surface area contributed by atoms with E-state index < -0.39 is 12.1 Å². The number of nitrogens with zero attached hydrogens (tertiary/aromatic N) is 1. The van der Waals surface area contributed by atoms with E-state index >= 15 is 0 Å². The van der Waals surface area contributed by atoms with Gasteiger partial charge in [0.25, 0.3) is 0 Å². The van der Waals surface area contributed by atoms with Crippen molar-refractivity contribution in [3.63, 3.8) is 0 Å². The van der Waals surface area contributed by atoms with Gasteiger partial charge in [0.05, 0.1) is 20.1 Å². The van der Waals surface area contributed by atoms with Crippen molar-refractivity contribution in [1.29, 1.82) is 0 Å². The maximum atomic E-state index is 12.8. The third-order valence-electron chi connectivity index (χ3n) is 5.52. The Labute approximate surface area is 210 Å². The van der Waals surface area contributed by atoms with Crippen molar-refractivity contribution in [3.8, 4) is 11.5 Å². The first kappa shape index (κ1) is 26.3. The van der Waals surface area contributed by atoms with Crippen LogP contribution >= 0.6 is 0 Å². The highest BCUT2D eigenvalue weighted by atomic mass is 16.5. The molecule has 1 atom stereocenters. The highest BCUT2D eigenvalue weighted by molar-refractivity contribution is 5.88. The Morgan fingerprint density at radius 1 is 0.972 bits per heavy atom. The molecular weight excluding hydrogens is 460 g/mol. The number of hydrogen-bond acceptors (Lipinski definition) is 5. The van der Waals surface area contributed by atoms with Gasteiger partial charge in [-0.2, -0.15) is 0 Å². The van der Waals surface area contributed by atoms with E-state index in [2.05, 4.69) is 5.32 Å². The fraction of sp³-hybridized carbons (Fsp3) is 0.250. The van der Waals surface area contributed by atoms with Crippen LogP contribution in [0.5, 0.6) is 11.5 Å². The normalized spacial score (nSPS) is 11.3. The zero-order valence-electron chi connectivity index (χ0n) is 20.6. The van der Waals surface area contributed by atoms with Gasteiger partial charge >= 0.3 is 12.1 Å². The molecule has 0 aliphatic heterocycles. The van der Waals surface area contributed by atoms with Crippen molar-refractivity contribution in [2.24, 2.45) is 0 Å². The number of nitrogens with one attached hydrogen (secondary N) is 1. The molecule has 0 saturated heterocycles. The smallest absolute Gasteiger partial charge is 0.410 e. The molecule has 0 aromatic heterocycles. The molecule has 188 valence electrons. The molecule has 0 fully saturated rings. The summed E-state index contributed by atoms with van der Waals surface area (Å²) in [5, 5.41) is 11.9. The first-order valence-corrected chi connectivity index (χ1v) is 11.5. The van der Waals surface area contributed by atoms with Crippen LogP contribution in [-0.2, 0) is 33.7 Å². The van der Waals surface area contributed by atoms with Gasteiger partial charge in [-0.3, -0.25) is 9.59 Å². The van der Waals surface area contributed by atoms with Gasteiger partial charge in [-0.05, 0) is 54.8 Å².